The zero-order chi connectivity index (χ0) is 18.2. The summed E-state index contributed by atoms with van der Waals surface area (Å²) in [5.41, 5.74) is 5.96. The lowest BCUT2D eigenvalue weighted by Crippen LogP contribution is -2.17. The van der Waals surface area contributed by atoms with Crippen molar-refractivity contribution in [2.75, 3.05) is 16.8 Å². The van der Waals surface area contributed by atoms with Gasteiger partial charge in [0.15, 0.2) is 5.13 Å². The van der Waals surface area contributed by atoms with Crippen LogP contribution in [0.2, 0.25) is 0 Å². The standard InChI is InChI=1S/C15H15F3N4OS2/c1-7-5-25-14(20-7)22-10(23)6-24-13-12(19)11(15(16,17)18)8-3-2-4-9(8)21-13/h5H,2-4,6,19H2,1H3,(H,20,22,23). The number of nitrogens with zero attached hydrogens (tertiary/aromatic N) is 2. The number of amides is 1. The molecular formula is C15H15F3N4OS2. The number of nitrogens with two attached hydrogens (primary N) is 1. The van der Waals surface area contributed by atoms with Gasteiger partial charge in [-0.05, 0) is 31.7 Å². The van der Waals surface area contributed by atoms with E-state index in [1.807, 2.05) is 0 Å². The van der Waals surface area contributed by atoms with Gasteiger partial charge >= 0.3 is 6.18 Å². The normalized spacial score (nSPS) is 13.8. The molecule has 3 rings (SSSR count). The third kappa shape index (κ3) is 3.90. The molecule has 25 heavy (non-hydrogen) atoms. The number of alkyl halides is 3. The van der Waals surface area contributed by atoms with E-state index in [2.05, 4.69) is 15.3 Å². The van der Waals surface area contributed by atoms with Crippen LogP contribution in [0.4, 0.5) is 24.0 Å². The zero-order valence-corrected chi connectivity index (χ0v) is 14.9. The SMILES string of the molecule is Cc1csc(NC(=O)CSc2nc3c(c(C(F)(F)F)c2N)CCC3)n1. The molecule has 1 aliphatic rings. The van der Waals surface area contributed by atoms with Crippen molar-refractivity contribution in [3.63, 3.8) is 0 Å². The van der Waals surface area contributed by atoms with E-state index in [9.17, 15) is 18.0 Å². The highest BCUT2D eigenvalue weighted by molar-refractivity contribution is 8.00. The minimum absolute atomic E-state index is 0.0541. The number of hydrogen-bond acceptors (Lipinski definition) is 6. The fourth-order valence-corrected chi connectivity index (χ4v) is 4.18. The van der Waals surface area contributed by atoms with Crippen LogP contribution >= 0.6 is 23.1 Å². The van der Waals surface area contributed by atoms with Crippen LogP contribution in [0.25, 0.3) is 0 Å². The first-order chi connectivity index (χ1) is 11.8. The molecule has 2 heterocycles. The van der Waals surface area contributed by atoms with E-state index < -0.39 is 17.4 Å². The number of aryl methyl sites for hydroxylation is 2. The lowest BCUT2D eigenvalue weighted by atomic mass is 10.1. The number of carbonyl (C=O) groups excluding carboxylic acids is 1. The summed E-state index contributed by atoms with van der Waals surface area (Å²) in [6, 6.07) is 0. The molecule has 0 atom stereocenters. The highest BCUT2D eigenvalue weighted by atomic mass is 32.2. The number of hydrogen-bond donors (Lipinski definition) is 2. The van der Waals surface area contributed by atoms with Crippen molar-refractivity contribution in [1.82, 2.24) is 9.97 Å². The smallest absolute Gasteiger partial charge is 0.396 e. The molecule has 0 aliphatic heterocycles. The van der Waals surface area contributed by atoms with E-state index in [0.29, 0.717) is 30.1 Å². The van der Waals surface area contributed by atoms with Crippen molar-refractivity contribution in [1.29, 1.82) is 0 Å². The highest BCUT2D eigenvalue weighted by Gasteiger charge is 2.39. The lowest BCUT2D eigenvalue weighted by Gasteiger charge is -2.17. The van der Waals surface area contributed by atoms with Crippen molar-refractivity contribution in [2.24, 2.45) is 0 Å². The molecule has 0 saturated carbocycles. The number of rotatable bonds is 4. The number of aromatic nitrogens is 2. The predicted octanol–water partition coefficient (Wildman–Crippen LogP) is 3.67. The molecular weight excluding hydrogens is 373 g/mol. The first kappa shape index (κ1) is 18.0. The Kier molecular flexibility index (Phi) is 4.92. The molecule has 1 amide bonds. The van der Waals surface area contributed by atoms with Gasteiger partial charge in [0.2, 0.25) is 5.91 Å². The van der Waals surface area contributed by atoms with E-state index >= 15 is 0 Å². The average molecular weight is 388 g/mol. The second kappa shape index (κ2) is 6.83. The molecule has 1 aliphatic carbocycles. The van der Waals surface area contributed by atoms with Gasteiger partial charge in [0.25, 0.3) is 0 Å². The number of pyridine rings is 1. The van der Waals surface area contributed by atoms with E-state index in [4.69, 9.17) is 5.73 Å². The zero-order valence-electron chi connectivity index (χ0n) is 13.2. The molecule has 5 nitrogen and oxygen atoms in total. The minimum atomic E-state index is -4.53. The van der Waals surface area contributed by atoms with Gasteiger partial charge in [0, 0.05) is 11.1 Å². The topological polar surface area (TPSA) is 80.9 Å². The molecule has 134 valence electrons. The molecule has 0 bridgehead atoms. The maximum absolute atomic E-state index is 13.4. The number of nitrogens with one attached hydrogen (secondary N) is 1. The maximum atomic E-state index is 13.4. The quantitative estimate of drug-likeness (QED) is 0.781. The summed E-state index contributed by atoms with van der Waals surface area (Å²) in [6.45, 7) is 1.80. The third-order valence-electron chi connectivity index (χ3n) is 3.72. The van der Waals surface area contributed by atoms with Crippen LogP contribution in [0.5, 0.6) is 0 Å². The summed E-state index contributed by atoms with van der Waals surface area (Å²) >= 11 is 2.19. The first-order valence-electron chi connectivity index (χ1n) is 7.49. The van der Waals surface area contributed by atoms with Crippen LogP contribution in [-0.4, -0.2) is 21.6 Å². The monoisotopic (exact) mass is 388 g/mol. The Hall–Kier alpha value is -1.81. The molecule has 2 aromatic heterocycles. The van der Waals surface area contributed by atoms with E-state index in [1.165, 1.54) is 11.3 Å². The van der Waals surface area contributed by atoms with E-state index in [-0.39, 0.29) is 22.2 Å². The van der Waals surface area contributed by atoms with Gasteiger partial charge in [-0.15, -0.1) is 11.3 Å². The second-order valence-corrected chi connectivity index (χ2v) is 7.44. The van der Waals surface area contributed by atoms with Gasteiger partial charge in [-0.1, -0.05) is 11.8 Å². The summed E-state index contributed by atoms with van der Waals surface area (Å²) in [7, 11) is 0. The largest absolute Gasteiger partial charge is 0.418 e. The lowest BCUT2D eigenvalue weighted by molar-refractivity contribution is -0.137. The van der Waals surface area contributed by atoms with Gasteiger partial charge in [-0.25, -0.2) is 9.97 Å². The number of thioether (sulfide) groups is 1. The molecule has 2 aromatic rings. The molecule has 10 heteroatoms. The van der Waals surface area contributed by atoms with Crippen molar-refractivity contribution >= 4 is 39.8 Å². The Morgan fingerprint density at radius 3 is 2.80 bits per heavy atom. The number of carbonyl (C=O) groups is 1. The Morgan fingerprint density at radius 1 is 1.40 bits per heavy atom. The number of anilines is 2. The highest BCUT2D eigenvalue weighted by Crippen LogP contribution is 2.43. The van der Waals surface area contributed by atoms with Crippen LogP contribution in [0, 0.1) is 6.92 Å². The van der Waals surface area contributed by atoms with Gasteiger partial charge in [0.05, 0.1) is 22.7 Å². The fourth-order valence-electron chi connectivity index (χ4n) is 2.71. The molecule has 0 aromatic carbocycles. The molecule has 0 radical (unpaired) electrons. The number of halogens is 3. The van der Waals surface area contributed by atoms with E-state index in [0.717, 1.165) is 17.5 Å². The van der Waals surface area contributed by atoms with E-state index in [1.54, 1.807) is 12.3 Å². The van der Waals surface area contributed by atoms with Gasteiger partial charge in [0.1, 0.15) is 5.03 Å². The summed E-state index contributed by atoms with van der Waals surface area (Å²) < 4.78 is 40.1. The summed E-state index contributed by atoms with van der Waals surface area (Å²) in [5.74, 6) is -0.457. The van der Waals surface area contributed by atoms with Crippen LogP contribution in [0.1, 0.15) is 28.9 Å². The van der Waals surface area contributed by atoms with Crippen molar-refractivity contribution < 1.29 is 18.0 Å². The van der Waals surface area contributed by atoms with Crippen LogP contribution in [-0.2, 0) is 23.8 Å². The van der Waals surface area contributed by atoms with Crippen molar-refractivity contribution in [2.45, 2.75) is 37.4 Å². The molecule has 0 unspecified atom stereocenters. The van der Waals surface area contributed by atoms with Crippen LogP contribution in [0.3, 0.4) is 0 Å². The second-order valence-electron chi connectivity index (χ2n) is 5.61. The molecule has 0 spiro atoms. The Labute approximate surface area is 150 Å². The minimum Gasteiger partial charge on any atom is -0.396 e. The van der Waals surface area contributed by atoms with Crippen LogP contribution < -0.4 is 11.1 Å². The van der Waals surface area contributed by atoms with Crippen molar-refractivity contribution in [3.05, 3.63) is 27.9 Å². The average Bonchev–Trinajstić information content (AvgIpc) is 3.12. The van der Waals surface area contributed by atoms with Crippen LogP contribution in [0.15, 0.2) is 10.4 Å². The summed E-state index contributed by atoms with van der Waals surface area (Å²) in [6.07, 6.45) is -3.08. The van der Waals surface area contributed by atoms with Gasteiger partial charge < -0.3 is 11.1 Å². The number of nitrogen functional groups attached to an aromatic ring is 1. The summed E-state index contributed by atoms with van der Waals surface area (Å²) in [4.78, 5) is 20.3. The summed E-state index contributed by atoms with van der Waals surface area (Å²) in [5, 5.41) is 4.90. The molecule has 3 N–H and O–H groups in total. The first-order valence-corrected chi connectivity index (χ1v) is 9.35. The Bertz CT molecular complexity index is 820. The van der Waals surface area contributed by atoms with Crippen molar-refractivity contribution in [3.8, 4) is 0 Å². The van der Waals surface area contributed by atoms with Gasteiger partial charge in [-0.2, -0.15) is 13.2 Å². The van der Waals surface area contributed by atoms with Gasteiger partial charge in [-0.3, -0.25) is 4.79 Å². The third-order valence-corrected chi connectivity index (χ3v) is 5.58. The number of fused-ring (bicyclic) bond motifs is 1. The fraction of sp³-hybridized carbons (Fsp3) is 0.400. The Morgan fingerprint density at radius 2 is 2.16 bits per heavy atom. The number of thiazole rings is 1. The predicted molar refractivity (Wildman–Crippen MR) is 91.9 cm³/mol. The molecule has 0 saturated heterocycles. The molecule has 0 fully saturated rings. The maximum Gasteiger partial charge on any atom is 0.418 e. The Balaban J connectivity index is 1.77.